The summed E-state index contributed by atoms with van der Waals surface area (Å²) < 4.78 is 0. The first-order valence-corrected chi connectivity index (χ1v) is 3.65. The topological polar surface area (TPSA) is 0 Å². The van der Waals surface area contributed by atoms with Crippen LogP contribution < -0.4 is 0 Å². The van der Waals surface area contributed by atoms with Gasteiger partial charge in [0, 0.05) is 0 Å². The molecule has 0 aliphatic rings. The van der Waals surface area contributed by atoms with Crippen molar-refractivity contribution in [2.75, 3.05) is 6.26 Å². The standard InChI is InChI=1S/C4H11BS/c1-4(2)5-6-3/h4-5H,1-3H3. The smallest absolute Gasteiger partial charge is 0.193 e. The number of hydrogen-bond donors (Lipinski definition) is 0. The van der Waals surface area contributed by atoms with Gasteiger partial charge >= 0.3 is 0 Å². The van der Waals surface area contributed by atoms with Crippen molar-refractivity contribution in [2.24, 2.45) is 0 Å². The molecule has 6 heavy (non-hydrogen) atoms. The Hall–Kier alpha value is 0.415. The Morgan fingerprint density at radius 3 is 2.00 bits per heavy atom. The van der Waals surface area contributed by atoms with E-state index in [0.717, 1.165) is 5.82 Å². The second-order valence-corrected chi connectivity index (χ2v) is 2.76. The van der Waals surface area contributed by atoms with Gasteiger partial charge < -0.3 is 0 Å². The highest BCUT2D eigenvalue weighted by Crippen LogP contribution is 2.03. The summed E-state index contributed by atoms with van der Waals surface area (Å²) in [6.07, 6.45) is 2.14. The molecule has 0 fully saturated rings. The molecule has 0 rings (SSSR count). The highest BCUT2D eigenvalue weighted by molar-refractivity contribution is 8.22. The molecule has 36 valence electrons. The number of rotatable bonds is 2. The van der Waals surface area contributed by atoms with Crippen molar-refractivity contribution in [3.05, 3.63) is 0 Å². The number of hydrogen-bond acceptors (Lipinski definition) is 1. The summed E-state index contributed by atoms with van der Waals surface area (Å²) in [5.74, 6) is 0.861. The van der Waals surface area contributed by atoms with Gasteiger partial charge in [-0.1, -0.05) is 19.7 Å². The van der Waals surface area contributed by atoms with Crippen LogP contribution in [0.5, 0.6) is 0 Å². The summed E-state index contributed by atoms with van der Waals surface area (Å²) in [4.78, 5) is 0. The first-order valence-electron chi connectivity index (χ1n) is 2.26. The summed E-state index contributed by atoms with van der Waals surface area (Å²) in [5, 5.41) is 0. The summed E-state index contributed by atoms with van der Waals surface area (Å²) in [5.41, 5.74) is 0. The fraction of sp³-hybridized carbons (Fsp3) is 1.00. The van der Waals surface area contributed by atoms with E-state index in [1.54, 1.807) is 0 Å². The first kappa shape index (κ1) is 6.41. The fourth-order valence-electron chi connectivity index (χ4n) is 0.333. The van der Waals surface area contributed by atoms with Gasteiger partial charge in [0.15, 0.2) is 6.56 Å². The zero-order valence-electron chi connectivity index (χ0n) is 4.69. The molecule has 0 saturated heterocycles. The van der Waals surface area contributed by atoms with E-state index in [0.29, 0.717) is 0 Å². The molecule has 0 aromatic heterocycles. The highest BCUT2D eigenvalue weighted by atomic mass is 32.2. The summed E-state index contributed by atoms with van der Waals surface area (Å²) >= 11 is 1.91. The Bertz CT molecular complexity index is 28.7. The van der Waals surface area contributed by atoms with Gasteiger partial charge in [0.05, 0.1) is 0 Å². The lowest BCUT2D eigenvalue weighted by Crippen LogP contribution is -1.85. The Labute approximate surface area is 44.8 Å². The van der Waals surface area contributed by atoms with Crippen molar-refractivity contribution in [3.63, 3.8) is 0 Å². The Morgan fingerprint density at radius 1 is 1.50 bits per heavy atom. The van der Waals surface area contributed by atoms with E-state index < -0.39 is 0 Å². The summed E-state index contributed by atoms with van der Waals surface area (Å²) in [6.45, 7) is 5.76. The minimum absolute atomic E-state index is 0.861. The second kappa shape index (κ2) is 3.60. The second-order valence-electron chi connectivity index (χ2n) is 1.85. The van der Waals surface area contributed by atoms with E-state index in [1.165, 1.54) is 6.56 Å². The summed E-state index contributed by atoms with van der Waals surface area (Å²) in [6, 6.07) is 0. The third-order valence-corrected chi connectivity index (χ3v) is 1.50. The third kappa shape index (κ3) is 4.41. The molecule has 0 aromatic rings. The molecule has 0 amide bonds. The van der Waals surface area contributed by atoms with Crippen molar-refractivity contribution in [3.8, 4) is 0 Å². The van der Waals surface area contributed by atoms with E-state index in [9.17, 15) is 0 Å². The van der Waals surface area contributed by atoms with Crippen LogP contribution in [0.15, 0.2) is 0 Å². The predicted molar refractivity (Wildman–Crippen MR) is 35.8 cm³/mol. The van der Waals surface area contributed by atoms with Crippen molar-refractivity contribution in [1.29, 1.82) is 0 Å². The van der Waals surface area contributed by atoms with Crippen LogP contribution in [0, 0.1) is 0 Å². The third-order valence-electron chi connectivity index (χ3n) is 0.500. The van der Waals surface area contributed by atoms with Gasteiger partial charge in [-0.3, -0.25) is 0 Å². The normalized spacial score (nSPS) is 9.33. The average Bonchev–Trinajstić information content (AvgIpc) is 1.35. The molecule has 2 heteroatoms. The lowest BCUT2D eigenvalue weighted by Gasteiger charge is -1.92. The molecule has 0 radical (unpaired) electrons. The van der Waals surface area contributed by atoms with Gasteiger partial charge in [-0.25, -0.2) is 11.6 Å². The van der Waals surface area contributed by atoms with Crippen molar-refractivity contribution in [1.82, 2.24) is 0 Å². The van der Waals surface area contributed by atoms with Crippen molar-refractivity contribution >= 4 is 18.2 Å². The molecule has 0 aliphatic carbocycles. The molecular weight excluding hydrogens is 90.9 g/mol. The first-order chi connectivity index (χ1) is 2.77. The van der Waals surface area contributed by atoms with Crippen LogP contribution in [0.25, 0.3) is 0 Å². The Morgan fingerprint density at radius 2 is 2.00 bits per heavy atom. The average molecular weight is 102 g/mol. The van der Waals surface area contributed by atoms with E-state index in [1.807, 2.05) is 11.6 Å². The minimum atomic E-state index is 0.861. The van der Waals surface area contributed by atoms with Crippen LogP contribution in [0.3, 0.4) is 0 Å². The van der Waals surface area contributed by atoms with E-state index >= 15 is 0 Å². The minimum Gasteiger partial charge on any atom is -0.218 e. The molecular formula is C4H11BS. The van der Waals surface area contributed by atoms with Gasteiger partial charge in [-0.2, -0.15) is 0 Å². The molecule has 0 atom stereocenters. The zero-order chi connectivity index (χ0) is 4.99. The molecule has 0 heterocycles. The van der Waals surface area contributed by atoms with Gasteiger partial charge in [-0.05, 0) is 6.26 Å². The lowest BCUT2D eigenvalue weighted by molar-refractivity contribution is 1.07. The van der Waals surface area contributed by atoms with E-state index in [4.69, 9.17) is 0 Å². The SMILES string of the molecule is CSBC(C)C. The van der Waals surface area contributed by atoms with Crippen LogP contribution >= 0.6 is 11.6 Å². The van der Waals surface area contributed by atoms with Crippen molar-refractivity contribution < 1.29 is 0 Å². The molecule has 0 saturated carbocycles. The molecule has 0 N–H and O–H groups in total. The van der Waals surface area contributed by atoms with Gasteiger partial charge in [0.1, 0.15) is 0 Å². The van der Waals surface area contributed by atoms with Crippen LogP contribution in [0.1, 0.15) is 13.8 Å². The van der Waals surface area contributed by atoms with Crippen molar-refractivity contribution in [2.45, 2.75) is 19.7 Å². The van der Waals surface area contributed by atoms with Crippen LogP contribution in [0.2, 0.25) is 5.82 Å². The van der Waals surface area contributed by atoms with Gasteiger partial charge in [0.25, 0.3) is 0 Å². The maximum absolute atomic E-state index is 2.23. The molecule has 0 bridgehead atoms. The highest BCUT2D eigenvalue weighted by Gasteiger charge is 1.90. The molecule has 0 spiro atoms. The lowest BCUT2D eigenvalue weighted by atomic mass is 9.90. The zero-order valence-corrected chi connectivity index (χ0v) is 5.51. The fourth-order valence-corrected chi connectivity index (χ4v) is 1.00. The maximum atomic E-state index is 2.23. The Kier molecular flexibility index (Phi) is 3.85. The van der Waals surface area contributed by atoms with Gasteiger partial charge in [0.2, 0.25) is 0 Å². The summed E-state index contributed by atoms with van der Waals surface area (Å²) in [7, 11) is 0. The monoisotopic (exact) mass is 102 g/mol. The van der Waals surface area contributed by atoms with E-state index in [-0.39, 0.29) is 0 Å². The molecule has 0 aliphatic heterocycles. The predicted octanol–water partition coefficient (Wildman–Crippen LogP) is 1.53. The largest absolute Gasteiger partial charge is 0.218 e. The van der Waals surface area contributed by atoms with Crippen LogP contribution in [0.4, 0.5) is 0 Å². The van der Waals surface area contributed by atoms with Crippen LogP contribution in [-0.4, -0.2) is 12.8 Å². The quantitative estimate of drug-likeness (QED) is 0.476. The maximum Gasteiger partial charge on any atom is 0.193 e. The van der Waals surface area contributed by atoms with Crippen LogP contribution in [-0.2, 0) is 0 Å². The molecule has 0 aromatic carbocycles. The Balaban J connectivity index is 2.63. The molecule has 0 unspecified atom stereocenters. The van der Waals surface area contributed by atoms with E-state index in [2.05, 4.69) is 20.1 Å². The van der Waals surface area contributed by atoms with Gasteiger partial charge in [-0.15, -0.1) is 0 Å². The molecule has 0 nitrogen and oxygen atoms in total.